The van der Waals surface area contributed by atoms with Crippen molar-refractivity contribution in [2.45, 2.75) is 18.6 Å². The smallest absolute Gasteiger partial charge is 0.335 e. The number of carbonyl (C=O) groups is 2. The van der Waals surface area contributed by atoms with Gasteiger partial charge in [0.25, 0.3) is 0 Å². The Bertz CT molecular complexity index is 493. The SMILES string of the molecule is O=C(O)CC(O)C(O)c1c(F)cc(C(=O)O)cc1F. The second-order valence-corrected chi connectivity index (χ2v) is 3.77. The van der Waals surface area contributed by atoms with Crippen molar-refractivity contribution < 1.29 is 38.8 Å². The second-order valence-electron chi connectivity index (χ2n) is 3.77. The lowest BCUT2D eigenvalue weighted by molar-refractivity contribution is -0.141. The first-order chi connectivity index (χ1) is 8.73. The molecule has 1 rings (SSSR count). The van der Waals surface area contributed by atoms with Gasteiger partial charge in [0.15, 0.2) is 0 Å². The molecule has 6 nitrogen and oxygen atoms in total. The minimum absolute atomic E-state index is 0.470. The van der Waals surface area contributed by atoms with Crippen LogP contribution < -0.4 is 0 Å². The van der Waals surface area contributed by atoms with Gasteiger partial charge in [0.05, 0.1) is 23.7 Å². The number of rotatable bonds is 5. The molecule has 0 heterocycles. The maximum atomic E-state index is 13.5. The van der Waals surface area contributed by atoms with Gasteiger partial charge in [-0.2, -0.15) is 0 Å². The highest BCUT2D eigenvalue weighted by Crippen LogP contribution is 2.26. The molecule has 0 fully saturated rings. The van der Waals surface area contributed by atoms with E-state index in [2.05, 4.69) is 0 Å². The molecule has 2 unspecified atom stereocenters. The molecule has 19 heavy (non-hydrogen) atoms. The summed E-state index contributed by atoms with van der Waals surface area (Å²) < 4.78 is 27.0. The molecule has 104 valence electrons. The second kappa shape index (κ2) is 5.72. The van der Waals surface area contributed by atoms with Gasteiger partial charge in [0.2, 0.25) is 0 Å². The summed E-state index contributed by atoms with van der Waals surface area (Å²) in [6, 6.07) is 0.939. The number of hydrogen-bond acceptors (Lipinski definition) is 4. The Morgan fingerprint density at radius 3 is 1.95 bits per heavy atom. The molecule has 0 aliphatic rings. The van der Waals surface area contributed by atoms with Crippen LogP contribution in [0.15, 0.2) is 12.1 Å². The number of carboxylic acids is 2. The minimum Gasteiger partial charge on any atom is -0.481 e. The number of aliphatic hydroxyl groups excluding tert-OH is 2. The molecule has 4 N–H and O–H groups in total. The van der Waals surface area contributed by atoms with E-state index in [9.17, 15) is 28.6 Å². The van der Waals surface area contributed by atoms with E-state index in [1.54, 1.807) is 0 Å². The lowest BCUT2D eigenvalue weighted by Crippen LogP contribution is -2.23. The Morgan fingerprint density at radius 1 is 1.11 bits per heavy atom. The summed E-state index contributed by atoms with van der Waals surface area (Å²) in [6.07, 6.45) is -4.95. The van der Waals surface area contributed by atoms with Crippen LogP contribution in [0, 0.1) is 11.6 Å². The van der Waals surface area contributed by atoms with Crippen molar-refractivity contribution >= 4 is 11.9 Å². The highest BCUT2D eigenvalue weighted by molar-refractivity contribution is 5.87. The van der Waals surface area contributed by atoms with Crippen molar-refractivity contribution in [1.82, 2.24) is 0 Å². The number of hydrogen-bond donors (Lipinski definition) is 4. The van der Waals surface area contributed by atoms with Gasteiger partial charge in [-0.05, 0) is 12.1 Å². The third-order valence-electron chi connectivity index (χ3n) is 2.37. The minimum atomic E-state index is -2.11. The number of halogens is 2. The molecular weight excluding hydrogens is 266 g/mol. The highest BCUT2D eigenvalue weighted by atomic mass is 19.1. The van der Waals surface area contributed by atoms with Crippen LogP contribution in [0.4, 0.5) is 8.78 Å². The van der Waals surface area contributed by atoms with Crippen LogP contribution in [-0.4, -0.2) is 38.5 Å². The average molecular weight is 276 g/mol. The van der Waals surface area contributed by atoms with Crippen molar-refractivity contribution in [3.05, 3.63) is 34.9 Å². The van der Waals surface area contributed by atoms with E-state index < -0.39 is 53.3 Å². The van der Waals surface area contributed by atoms with E-state index in [4.69, 9.17) is 10.2 Å². The third-order valence-corrected chi connectivity index (χ3v) is 2.37. The maximum Gasteiger partial charge on any atom is 0.335 e. The lowest BCUT2D eigenvalue weighted by atomic mass is 9.99. The predicted octanol–water partition coefficient (Wildman–Crippen LogP) is 0.532. The van der Waals surface area contributed by atoms with Crippen LogP contribution in [0.3, 0.4) is 0 Å². The molecule has 0 bridgehead atoms. The summed E-state index contributed by atoms with van der Waals surface area (Å²) in [7, 11) is 0. The number of benzene rings is 1. The zero-order valence-corrected chi connectivity index (χ0v) is 9.38. The van der Waals surface area contributed by atoms with Crippen molar-refractivity contribution in [3.63, 3.8) is 0 Å². The molecule has 1 aromatic carbocycles. The first kappa shape index (κ1) is 15.0. The molecule has 0 aliphatic heterocycles. The first-order valence-electron chi connectivity index (χ1n) is 5.04. The summed E-state index contributed by atoms with van der Waals surface area (Å²) in [5.41, 5.74) is -1.64. The summed E-state index contributed by atoms with van der Waals surface area (Å²) in [5, 5.41) is 35.7. The predicted molar refractivity (Wildman–Crippen MR) is 56.5 cm³/mol. The number of aliphatic hydroxyl groups is 2. The van der Waals surface area contributed by atoms with Gasteiger partial charge in [-0.15, -0.1) is 0 Å². The maximum absolute atomic E-state index is 13.5. The fraction of sp³-hybridized carbons (Fsp3) is 0.273. The average Bonchev–Trinajstić information content (AvgIpc) is 2.26. The molecule has 0 saturated carbocycles. The zero-order valence-electron chi connectivity index (χ0n) is 9.38. The van der Waals surface area contributed by atoms with Crippen LogP contribution >= 0.6 is 0 Å². The van der Waals surface area contributed by atoms with E-state index >= 15 is 0 Å². The molecule has 0 radical (unpaired) electrons. The topological polar surface area (TPSA) is 115 Å². The van der Waals surface area contributed by atoms with Gasteiger partial charge in [0, 0.05) is 0 Å². The van der Waals surface area contributed by atoms with Gasteiger partial charge in [-0.1, -0.05) is 0 Å². The Kier molecular flexibility index (Phi) is 4.52. The standard InChI is InChI=1S/C11H10F2O6/c12-5-1-4(11(18)19)2-6(13)9(5)10(17)7(14)3-8(15)16/h1-2,7,10,14,17H,3H2,(H,15,16)(H,18,19). The summed E-state index contributed by atoms with van der Waals surface area (Å²) in [4.78, 5) is 20.9. The van der Waals surface area contributed by atoms with Crippen molar-refractivity contribution in [2.75, 3.05) is 0 Å². The summed E-state index contributed by atoms with van der Waals surface area (Å²) >= 11 is 0. The number of aromatic carboxylic acids is 1. The van der Waals surface area contributed by atoms with Gasteiger partial charge >= 0.3 is 11.9 Å². The van der Waals surface area contributed by atoms with E-state index in [0.29, 0.717) is 12.1 Å². The molecule has 1 aromatic rings. The first-order valence-corrected chi connectivity index (χ1v) is 5.04. The molecule has 0 saturated heterocycles. The molecule has 0 amide bonds. The third kappa shape index (κ3) is 3.46. The molecule has 0 aliphatic carbocycles. The monoisotopic (exact) mass is 276 g/mol. The molecule has 0 spiro atoms. The fourth-order valence-corrected chi connectivity index (χ4v) is 1.47. The number of carboxylic acid groups (broad SMARTS) is 2. The van der Waals surface area contributed by atoms with Crippen molar-refractivity contribution in [2.24, 2.45) is 0 Å². The summed E-state index contributed by atoms with van der Waals surface area (Å²) in [6.45, 7) is 0. The molecular formula is C11H10F2O6. The van der Waals surface area contributed by atoms with Crippen LogP contribution in [0.2, 0.25) is 0 Å². The van der Waals surface area contributed by atoms with E-state index in [-0.39, 0.29) is 0 Å². The van der Waals surface area contributed by atoms with Crippen LogP contribution in [0.5, 0.6) is 0 Å². The molecule has 2 atom stereocenters. The van der Waals surface area contributed by atoms with E-state index in [1.165, 1.54) is 0 Å². The van der Waals surface area contributed by atoms with Gasteiger partial charge in [-0.25, -0.2) is 13.6 Å². The zero-order chi connectivity index (χ0) is 14.7. The Balaban J connectivity index is 3.13. The van der Waals surface area contributed by atoms with Gasteiger partial charge in [0.1, 0.15) is 17.7 Å². The van der Waals surface area contributed by atoms with E-state index in [0.717, 1.165) is 0 Å². The van der Waals surface area contributed by atoms with Crippen LogP contribution in [-0.2, 0) is 4.79 Å². The normalized spacial score (nSPS) is 13.9. The fourth-order valence-electron chi connectivity index (χ4n) is 1.47. The Morgan fingerprint density at radius 2 is 1.58 bits per heavy atom. The van der Waals surface area contributed by atoms with Gasteiger partial charge in [-0.3, -0.25) is 4.79 Å². The van der Waals surface area contributed by atoms with E-state index in [1.807, 2.05) is 0 Å². The lowest BCUT2D eigenvalue weighted by Gasteiger charge is -2.18. The van der Waals surface area contributed by atoms with Crippen LogP contribution in [0.25, 0.3) is 0 Å². The Labute approximate surface area is 105 Å². The molecule has 8 heteroatoms. The van der Waals surface area contributed by atoms with Gasteiger partial charge < -0.3 is 20.4 Å². The highest BCUT2D eigenvalue weighted by Gasteiger charge is 2.28. The van der Waals surface area contributed by atoms with Crippen molar-refractivity contribution in [1.29, 1.82) is 0 Å². The van der Waals surface area contributed by atoms with Crippen LogP contribution in [0.1, 0.15) is 28.4 Å². The summed E-state index contributed by atoms with van der Waals surface area (Å²) in [5.74, 6) is -5.79. The number of aliphatic carboxylic acids is 1. The molecule has 0 aromatic heterocycles. The largest absolute Gasteiger partial charge is 0.481 e. The van der Waals surface area contributed by atoms with Crippen molar-refractivity contribution in [3.8, 4) is 0 Å². The quantitative estimate of drug-likeness (QED) is 0.623. The Hall–Kier alpha value is -2.06.